The number of aromatic nitrogens is 1. The molecule has 2 heteroatoms. The second-order valence-corrected chi connectivity index (χ2v) is 14.4. The molecule has 0 saturated carbocycles. The van der Waals surface area contributed by atoms with Crippen molar-refractivity contribution < 1.29 is 0 Å². The van der Waals surface area contributed by atoms with Gasteiger partial charge in [-0.1, -0.05) is 139 Å². The molecule has 0 atom stereocenters. The summed E-state index contributed by atoms with van der Waals surface area (Å²) in [6.07, 6.45) is 0. The zero-order valence-corrected chi connectivity index (χ0v) is 27.9. The molecule has 11 rings (SSSR count). The minimum absolute atomic E-state index is 1.16. The van der Waals surface area contributed by atoms with Gasteiger partial charge in [-0.3, -0.25) is 0 Å². The van der Waals surface area contributed by atoms with Crippen molar-refractivity contribution in [3.05, 3.63) is 176 Å². The van der Waals surface area contributed by atoms with Gasteiger partial charge in [0.1, 0.15) is 0 Å². The Balaban J connectivity index is 1.06. The van der Waals surface area contributed by atoms with Crippen LogP contribution < -0.4 is 0 Å². The molecule has 50 heavy (non-hydrogen) atoms. The molecule has 0 saturated heterocycles. The van der Waals surface area contributed by atoms with Crippen molar-refractivity contribution in [3.8, 4) is 39.1 Å². The Bertz CT molecular complexity index is 3000. The maximum atomic E-state index is 2.44. The van der Waals surface area contributed by atoms with Crippen molar-refractivity contribution in [2.45, 2.75) is 9.79 Å². The summed E-state index contributed by atoms with van der Waals surface area (Å²) in [4.78, 5) is 2.65. The van der Waals surface area contributed by atoms with Crippen molar-refractivity contribution in [3.63, 3.8) is 0 Å². The van der Waals surface area contributed by atoms with E-state index in [2.05, 4.69) is 180 Å². The summed E-state index contributed by atoms with van der Waals surface area (Å²) in [6.45, 7) is 0. The highest BCUT2D eigenvalue weighted by Gasteiger charge is 2.21. The quantitative estimate of drug-likeness (QED) is 0.184. The minimum Gasteiger partial charge on any atom is -0.309 e. The van der Waals surface area contributed by atoms with E-state index in [1.807, 2.05) is 11.8 Å². The lowest BCUT2D eigenvalue weighted by molar-refractivity contribution is 1.18. The summed E-state index contributed by atoms with van der Waals surface area (Å²) in [6, 6.07) is 65.0. The third kappa shape index (κ3) is 4.09. The number of fused-ring (bicyclic) bond motifs is 8. The molecule has 0 fully saturated rings. The Kier molecular flexibility index (Phi) is 5.96. The van der Waals surface area contributed by atoms with Gasteiger partial charge in [-0.2, -0.15) is 0 Å². The van der Waals surface area contributed by atoms with E-state index >= 15 is 0 Å². The standard InChI is InChI=1S/C48H29NS/c1-2-11-34-29-44-42(27-33(34)10-1)48-39-16-4-3-9-30(39)21-25-43(48)49(44)36-23-19-31(20-24-36)37-14-5-6-15-38(37)35-22-26-45-41(28-35)40-17-7-12-32-13-8-18-46(50-45)47(32)40/h1-29H. The molecule has 0 aliphatic carbocycles. The van der Waals surface area contributed by atoms with Gasteiger partial charge in [0.25, 0.3) is 0 Å². The lowest BCUT2D eigenvalue weighted by atomic mass is 9.91. The van der Waals surface area contributed by atoms with Crippen LogP contribution in [-0.2, 0) is 0 Å². The van der Waals surface area contributed by atoms with Crippen LogP contribution in [0.5, 0.6) is 0 Å². The molecular formula is C48H29NS. The van der Waals surface area contributed by atoms with Crippen molar-refractivity contribution in [2.24, 2.45) is 0 Å². The van der Waals surface area contributed by atoms with Crippen molar-refractivity contribution >= 4 is 65.9 Å². The van der Waals surface area contributed by atoms with Gasteiger partial charge in [-0.15, -0.1) is 0 Å². The van der Waals surface area contributed by atoms with Crippen LogP contribution in [0, 0.1) is 0 Å². The topological polar surface area (TPSA) is 4.93 Å². The number of hydrogen-bond donors (Lipinski definition) is 0. The number of rotatable bonds is 3. The van der Waals surface area contributed by atoms with E-state index in [1.54, 1.807) is 0 Å². The summed E-state index contributed by atoms with van der Waals surface area (Å²) in [5.41, 5.74) is 11.2. The highest BCUT2D eigenvalue weighted by Crippen LogP contribution is 2.49. The van der Waals surface area contributed by atoms with Crippen LogP contribution >= 0.6 is 11.8 Å². The first-order valence-corrected chi connectivity index (χ1v) is 18.0. The molecule has 1 nitrogen and oxygen atoms in total. The first-order valence-electron chi connectivity index (χ1n) is 17.2. The molecule has 1 aromatic heterocycles. The molecule has 0 spiro atoms. The number of hydrogen-bond acceptors (Lipinski definition) is 1. The number of nitrogens with zero attached hydrogens (tertiary/aromatic N) is 1. The lowest BCUT2D eigenvalue weighted by Gasteiger charge is -2.21. The van der Waals surface area contributed by atoms with Crippen molar-refractivity contribution in [2.75, 3.05) is 0 Å². The van der Waals surface area contributed by atoms with Crippen molar-refractivity contribution in [1.82, 2.24) is 4.57 Å². The first kappa shape index (κ1) is 27.8. The van der Waals surface area contributed by atoms with Gasteiger partial charge in [0, 0.05) is 31.6 Å². The van der Waals surface area contributed by atoms with Crippen LogP contribution in [0.1, 0.15) is 0 Å². The third-order valence-corrected chi connectivity index (χ3v) is 11.7. The molecule has 232 valence electrons. The van der Waals surface area contributed by atoms with E-state index in [-0.39, 0.29) is 0 Å². The van der Waals surface area contributed by atoms with Gasteiger partial charge < -0.3 is 4.57 Å². The second-order valence-electron chi connectivity index (χ2n) is 13.3. The SMILES string of the molecule is c1ccc(-c2ccc3c(c2)-c2cccc4cccc(c24)S3)c(-c2ccc(-n3c4cc5ccccc5cc4c4c5ccccc5ccc43)cc2)c1. The van der Waals surface area contributed by atoms with E-state index in [0.29, 0.717) is 0 Å². The Labute approximate surface area is 294 Å². The zero-order valence-electron chi connectivity index (χ0n) is 27.1. The van der Waals surface area contributed by atoms with Gasteiger partial charge in [0.05, 0.1) is 11.0 Å². The zero-order chi connectivity index (χ0) is 32.8. The van der Waals surface area contributed by atoms with Gasteiger partial charge in [-0.25, -0.2) is 0 Å². The van der Waals surface area contributed by atoms with Gasteiger partial charge in [0.15, 0.2) is 0 Å². The van der Waals surface area contributed by atoms with E-state index in [4.69, 9.17) is 0 Å². The summed E-state index contributed by atoms with van der Waals surface area (Å²) in [7, 11) is 0. The Morgan fingerprint density at radius 3 is 1.84 bits per heavy atom. The third-order valence-electron chi connectivity index (χ3n) is 10.6. The van der Waals surface area contributed by atoms with E-state index in [9.17, 15) is 0 Å². The van der Waals surface area contributed by atoms with Gasteiger partial charge in [0.2, 0.25) is 0 Å². The molecular weight excluding hydrogens is 623 g/mol. The fourth-order valence-electron chi connectivity index (χ4n) is 8.26. The van der Waals surface area contributed by atoms with Crippen LogP contribution in [0.4, 0.5) is 0 Å². The van der Waals surface area contributed by atoms with E-state index < -0.39 is 0 Å². The van der Waals surface area contributed by atoms with Gasteiger partial charge >= 0.3 is 0 Å². The van der Waals surface area contributed by atoms with Crippen LogP contribution in [0.15, 0.2) is 186 Å². The maximum Gasteiger partial charge on any atom is 0.0547 e. The smallest absolute Gasteiger partial charge is 0.0547 e. The first-order chi connectivity index (χ1) is 24.8. The van der Waals surface area contributed by atoms with Gasteiger partial charge in [-0.05, 0) is 109 Å². The molecule has 1 aliphatic rings. The van der Waals surface area contributed by atoms with Crippen LogP contribution in [-0.4, -0.2) is 4.57 Å². The van der Waals surface area contributed by atoms with Crippen LogP contribution in [0.2, 0.25) is 0 Å². The van der Waals surface area contributed by atoms with E-state index in [0.717, 1.165) is 5.69 Å². The Hall–Kier alpha value is -6.09. The molecule has 9 aromatic carbocycles. The minimum atomic E-state index is 1.16. The Morgan fingerprint density at radius 2 is 1.00 bits per heavy atom. The van der Waals surface area contributed by atoms with Crippen LogP contribution in [0.3, 0.4) is 0 Å². The predicted molar refractivity (Wildman–Crippen MR) is 214 cm³/mol. The van der Waals surface area contributed by atoms with Crippen LogP contribution in [0.25, 0.3) is 93.2 Å². The average molecular weight is 652 g/mol. The maximum absolute atomic E-state index is 2.44. The van der Waals surface area contributed by atoms with Crippen molar-refractivity contribution in [1.29, 1.82) is 0 Å². The molecule has 0 unspecified atom stereocenters. The van der Waals surface area contributed by atoms with E-state index in [1.165, 1.54) is 97.3 Å². The molecule has 1 aliphatic heterocycles. The molecule has 2 heterocycles. The predicted octanol–water partition coefficient (Wildman–Crippen LogP) is 13.7. The normalized spacial score (nSPS) is 12.3. The molecule has 0 N–H and O–H groups in total. The average Bonchev–Trinajstić information content (AvgIpc) is 3.50. The highest BCUT2D eigenvalue weighted by molar-refractivity contribution is 7.99. The number of benzene rings is 9. The second kappa shape index (κ2) is 10.7. The largest absolute Gasteiger partial charge is 0.309 e. The molecule has 0 bridgehead atoms. The summed E-state index contributed by atoms with van der Waals surface area (Å²) < 4.78 is 2.44. The molecule has 0 amide bonds. The monoisotopic (exact) mass is 651 g/mol. The molecule has 10 aromatic rings. The fourth-order valence-corrected chi connectivity index (χ4v) is 9.39. The summed E-state index contributed by atoms with van der Waals surface area (Å²) in [5, 5.41) is 10.3. The summed E-state index contributed by atoms with van der Waals surface area (Å²) in [5.74, 6) is 0. The Morgan fingerprint density at radius 1 is 0.340 bits per heavy atom. The summed E-state index contributed by atoms with van der Waals surface area (Å²) >= 11 is 1.88. The highest BCUT2D eigenvalue weighted by atomic mass is 32.2. The lowest BCUT2D eigenvalue weighted by Crippen LogP contribution is -1.95. The molecule has 0 radical (unpaired) electrons. The fraction of sp³-hybridized carbons (Fsp3) is 0.